The van der Waals surface area contributed by atoms with E-state index in [2.05, 4.69) is 0 Å². The van der Waals surface area contributed by atoms with E-state index in [4.69, 9.17) is 15.3 Å². The first-order valence-electron chi connectivity index (χ1n) is 2.98. The molecule has 82 valence electrons. The molecule has 2 atom stereocenters. The number of aliphatic carboxylic acids is 1. The summed E-state index contributed by atoms with van der Waals surface area (Å²) in [6.07, 6.45) is -1.47. The van der Waals surface area contributed by atoms with Gasteiger partial charge in [-0.25, -0.2) is 4.79 Å². The zero-order valence-corrected chi connectivity index (χ0v) is 9.19. The molecular formula is C6H12O7Ti. The van der Waals surface area contributed by atoms with Gasteiger partial charge in [-0.15, -0.1) is 0 Å². The fraction of sp³-hybridized carbons (Fsp3) is 0.667. The van der Waals surface area contributed by atoms with Gasteiger partial charge in [-0.05, 0) is 13.8 Å². The van der Waals surface area contributed by atoms with Crippen molar-refractivity contribution in [3.05, 3.63) is 0 Å². The summed E-state index contributed by atoms with van der Waals surface area (Å²) in [6, 6.07) is 0. The second-order valence-electron chi connectivity index (χ2n) is 2.42. The third-order valence-electron chi connectivity index (χ3n) is 1.28. The third-order valence-corrected chi connectivity index (χ3v) is 1.28. The minimum atomic E-state index is -2.49. The summed E-state index contributed by atoms with van der Waals surface area (Å²) in [7, 11) is 0. The number of aliphatic hydroxyl groups is 2. The van der Waals surface area contributed by atoms with E-state index in [9.17, 15) is 9.59 Å². The molecule has 0 aliphatic rings. The van der Waals surface area contributed by atoms with Gasteiger partial charge in [-0.1, -0.05) is 0 Å². The molecular weight excluding hydrogens is 232 g/mol. The molecule has 0 heterocycles. The van der Waals surface area contributed by atoms with Crippen molar-refractivity contribution in [2.45, 2.75) is 25.6 Å². The minimum Gasteiger partial charge on any atom is -0.870 e. The van der Waals surface area contributed by atoms with E-state index >= 15 is 0 Å². The fourth-order valence-corrected chi connectivity index (χ4v) is 0.512. The molecule has 0 bridgehead atoms. The quantitative estimate of drug-likeness (QED) is 0.399. The van der Waals surface area contributed by atoms with Crippen molar-refractivity contribution in [3.8, 4) is 0 Å². The van der Waals surface area contributed by atoms with Crippen molar-refractivity contribution in [1.29, 1.82) is 0 Å². The monoisotopic (exact) mass is 244 g/mol. The Hall–Kier alpha value is -0.306. The second-order valence-corrected chi connectivity index (χ2v) is 2.42. The average molecular weight is 244 g/mol. The first-order chi connectivity index (χ1) is 4.80. The Morgan fingerprint density at radius 2 is 1.57 bits per heavy atom. The van der Waals surface area contributed by atoms with Crippen LogP contribution in [0, 0.1) is 0 Å². The second kappa shape index (κ2) is 8.04. The van der Waals surface area contributed by atoms with E-state index < -0.39 is 23.5 Å². The number of hydrogen-bond donors (Lipinski definition) is 3. The van der Waals surface area contributed by atoms with Crippen molar-refractivity contribution in [2.24, 2.45) is 0 Å². The summed E-state index contributed by atoms with van der Waals surface area (Å²) in [5.41, 5.74) is -2.49. The maximum absolute atomic E-state index is 10.7. The average Bonchev–Trinajstić information content (AvgIpc) is 1.85. The number of ketones is 1. The molecule has 0 rings (SSSR count). The Labute approximate surface area is 95.2 Å². The molecule has 14 heavy (non-hydrogen) atoms. The molecule has 0 aliphatic carbocycles. The van der Waals surface area contributed by atoms with Crippen LogP contribution < -0.4 is 0 Å². The molecule has 0 radical (unpaired) electrons. The number of rotatable bonds is 3. The van der Waals surface area contributed by atoms with Crippen LogP contribution in [0.4, 0.5) is 0 Å². The summed E-state index contributed by atoms with van der Waals surface area (Å²) < 4.78 is 0. The molecule has 0 aromatic rings. The smallest absolute Gasteiger partial charge is 0.870 e. The summed E-state index contributed by atoms with van der Waals surface area (Å²) in [6.45, 7) is 1.92. The van der Waals surface area contributed by atoms with Gasteiger partial charge in [0.15, 0.2) is 0 Å². The molecule has 0 fully saturated rings. The number of carbonyl (C=O) groups is 2. The summed E-state index contributed by atoms with van der Waals surface area (Å²) in [5.74, 6) is -2.78. The molecule has 8 heteroatoms. The Morgan fingerprint density at radius 1 is 1.29 bits per heavy atom. The molecule has 0 saturated heterocycles. The predicted molar refractivity (Wildman–Crippen MR) is 38.8 cm³/mol. The standard InChI is InChI=1S/C6H10O5.2H2O.Ti/c1-3(7)4(8)6(2,11)5(9)10;;;/h3,7,11H,1-2H3,(H,9,10);2*1H2;/q;;;+2/p-2. The van der Waals surface area contributed by atoms with Gasteiger partial charge in [0.25, 0.3) is 0 Å². The van der Waals surface area contributed by atoms with Gasteiger partial charge in [0.05, 0.1) is 0 Å². The molecule has 2 unspecified atom stereocenters. The molecule has 0 aromatic heterocycles. The van der Waals surface area contributed by atoms with Gasteiger partial charge in [0.2, 0.25) is 11.4 Å². The maximum Gasteiger partial charge on any atom is 2.00 e. The Bertz CT molecular complexity index is 189. The Balaban J connectivity index is -0.000000167. The van der Waals surface area contributed by atoms with Gasteiger partial charge in [0, 0.05) is 0 Å². The van der Waals surface area contributed by atoms with Crippen LogP contribution in [0.3, 0.4) is 0 Å². The normalized spacial score (nSPS) is 14.6. The van der Waals surface area contributed by atoms with E-state index in [0.717, 1.165) is 13.8 Å². The van der Waals surface area contributed by atoms with Crippen molar-refractivity contribution in [3.63, 3.8) is 0 Å². The van der Waals surface area contributed by atoms with Crippen LogP contribution in [0.5, 0.6) is 0 Å². The van der Waals surface area contributed by atoms with Crippen LogP contribution in [-0.4, -0.2) is 49.7 Å². The molecule has 0 saturated carbocycles. The number of carboxylic acids is 1. The van der Waals surface area contributed by atoms with Gasteiger partial charge in [0.1, 0.15) is 6.10 Å². The molecule has 0 amide bonds. The summed E-state index contributed by atoms with van der Waals surface area (Å²) in [4.78, 5) is 20.9. The van der Waals surface area contributed by atoms with Gasteiger partial charge < -0.3 is 26.3 Å². The van der Waals surface area contributed by atoms with Crippen LogP contribution in [-0.2, 0) is 31.3 Å². The number of carboxylic acid groups (broad SMARTS) is 1. The van der Waals surface area contributed by atoms with Crippen molar-refractivity contribution < 1.29 is 57.6 Å². The van der Waals surface area contributed by atoms with Gasteiger partial charge in [-0.2, -0.15) is 0 Å². The molecule has 7 nitrogen and oxygen atoms in total. The van der Waals surface area contributed by atoms with Crippen LogP contribution in [0.2, 0.25) is 0 Å². The van der Waals surface area contributed by atoms with Crippen LogP contribution in [0.1, 0.15) is 13.8 Å². The number of hydrogen-bond acceptors (Lipinski definition) is 6. The first kappa shape index (κ1) is 23.5. The van der Waals surface area contributed by atoms with Crippen LogP contribution in [0.15, 0.2) is 0 Å². The Morgan fingerprint density at radius 3 is 1.64 bits per heavy atom. The molecule has 5 N–H and O–H groups in total. The largest absolute Gasteiger partial charge is 2.00 e. The minimum absolute atomic E-state index is 0. The van der Waals surface area contributed by atoms with E-state index in [1.807, 2.05) is 0 Å². The molecule has 0 aliphatic heterocycles. The summed E-state index contributed by atoms with van der Waals surface area (Å²) >= 11 is 0. The van der Waals surface area contributed by atoms with E-state index in [-0.39, 0.29) is 32.7 Å². The first-order valence-corrected chi connectivity index (χ1v) is 2.98. The molecule has 0 spiro atoms. The topological polar surface area (TPSA) is 155 Å². The van der Waals surface area contributed by atoms with E-state index in [1.54, 1.807) is 0 Å². The fourth-order valence-electron chi connectivity index (χ4n) is 0.512. The van der Waals surface area contributed by atoms with Crippen LogP contribution in [0.25, 0.3) is 0 Å². The van der Waals surface area contributed by atoms with Gasteiger partial charge in [-0.3, -0.25) is 4.79 Å². The number of carbonyl (C=O) groups excluding carboxylic acids is 1. The zero-order valence-electron chi connectivity index (χ0n) is 7.63. The SMILES string of the molecule is CC(O)C(=O)C(C)(O)C(=O)O.[OH-].[OH-].[Ti+2]. The zero-order chi connectivity index (χ0) is 9.23. The third kappa shape index (κ3) is 5.43. The van der Waals surface area contributed by atoms with Crippen molar-refractivity contribution >= 4 is 11.8 Å². The number of Topliss-reactive ketones (excluding diaryl/α,β-unsaturated/α-hetero) is 1. The molecule has 0 aromatic carbocycles. The van der Waals surface area contributed by atoms with Gasteiger partial charge >= 0.3 is 27.7 Å². The van der Waals surface area contributed by atoms with E-state index in [1.165, 1.54) is 0 Å². The summed E-state index contributed by atoms with van der Waals surface area (Å²) in [5, 5.41) is 25.8. The maximum atomic E-state index is 10.7. The number of aliphatic hydroxyl groups excluding tert-OH is 1. The van der Waals surface area contributed by atoms with E-state index in [0.29, 0.717) is 0 Å². The van der Waals surface area contributed by atoms with Crippen molar-refractivity contribution in [2.75, 3.05) is 0 Å². The predicted octanol–water partition coefficient (Wildman–Crippen LogP) is -1.58. The van der Waals surface area contributed by atoms with Crippen LogP contribution >= 0.6 is 0 Å². The Kier molecular flexibility index (Phi) is 13.5. The van der Waals surface area contributed by atoms with Crippen molar-refractivity contribution in [1.82, 2.24) is 0 Å².